The molecule has 0 saturated carbocycles. The van der Waals surface area contributed by atoms with Crippen molar-refractivity contribution < 1.29 is 4.79 Å². The van der Waals surface area contributed by atoms with E-state index >= 15 is 0 Å². The van der Waals surface area contributed by atoms with E-state index in [0.29, 0.717) is 29.5 Å². The summed E-state index contributed by atoms with van der Waals surface area (Å²) in [5.41, 5.74) is 1.30. The molecule has 1 amide bonds. The maximum absolute atomic E-state index is 11.8. The third-order valence-electron chi connectivity index (χ3n) is 2.86. The van der Waals surface area contributed by atoms with Crippen LogP contribution in [0.1, 0.15) is 26.0 Å². The van der Waals surface area contributed by atoms with Crippen molar-refractivity contribution in [3.05, 3.63) is 11.0 Å². The summed E-state index contributed by atoms with van der Waals surface area (Å²) in [7, 11) is 0. The normalized spacial score (nSPS) is 19.4. The standard InChI is InChI=1S/C11H15ClN4O/c1-5(2)7-4-8(17)15-9-6(3)13-11(12)16-10(9)14-7/h5,7H,4H2,1-3H3,(H,15,17)(H,13,14,16). The van der Waals surface area contributed by atoms with Crippen molar-refractivity contribution in [3.8, 4) is 0 Å². The molecule has 1 aromatic heterocycles. The average Bonchev–Trinajstić information content (AvgIpc) is 2.37. The molecule has 1 aromatic rings. The van der Waals surface area contributed by atoms with E-state index < -0.39 is 0 Å². The predicted molar refractivity (Wildman–Crippen MR) is 67.3 cm³/mol. The van der Waals surface area contributed by atoms with Gasteiger partial charge in [0.15, 0.2) is 5.82 Å². The van der Waals surface area contributed by atoms with Crippen molar-refractivity contribution >= 4 is 29.0 Å². The van der Waals surface area contributed by atoms with E-state index in [1.807, 2.05) is 0 Å². The molecule has 1 unspecified atom stereocenters. The Morgan fingerprint density at radius 3 is 2.76 bits per heavy atom. The molecule has 5 nitrogen and oxygen atoms in total. The minimum Gasteiger partial charge on any atom is -0.365 e. The van der Waals surface area contributed by atoms with Crippen LogP contribution in [0.4, 0.5) is 11.5 Å². The van der Waals surface area contributed by atoms with Crippen LogP contribution in [-0.2, 0) is 4.79 Å². The number of fused-ring (bicyclic) bond motifs is 1. The summed E-state index contributed by atoms with van der Waals surface area (Å²) < 4.78 is 0. The van der Waals surface area contributed by atoms with Gasteiger partial charge in [-0.05, 0) is 24.4 Å². The fourth-order valence-electron chi connectivity index (χ4n) is 1.81. The lowest BCUT2D eigenvalue weighted by molar-refractivity contribution is -0.116. The second-order valence-corrected chi connectivity index (χ2v) is 4.89. The smallest absolute Gasteiger partial charge is 0.226 e. The monoisotopic (exact) mass is 254 g/mol. The van der Waals surface area contributed by atoms with Crippen molar-refractivity contribution in [2.75, 3.05) is 10.6 Å². The lowest BCUT2D eigenvalue weighted by atomic mass is 10.0. The Bertz CT molecular complexity index is 461. The SMILES string of the molecule is Cc1nc(Cl)nc2c1NC(=O)CC(C(C)C)N2. The number of anilines is 2. The van der Waals surface area contributed by atoms with E-state index in [2.05, 4.69) is 34.4 Å². The summed E-state index contributed by atoms with van der Waals surface area (Å²) in [4.78, 5) is 19.9. The number of nitrogens with one attached hydrogen (secondary N) is 2. The summed E-state index contributed by atoms with van der Waals surface area (Å²) in [6.07, 6.45) is 0.422. The molecular formula is C11H15ClN4O. The number of carbonyl (C=O) groups excluding carboxylic acids is 1. The first-order valence-corrected chi connectivity index (χ1v) is 5.95. The number of carbonyl (C=O) groups is 1. The lowest BCUT2D eigenvalue weighted by Crippen LogP contribution is -2.28. The van der Waals surface area contributed by atoms with Crippen molar-refractivity contribution in [1.82, 2.24) is 9.97 Å². The highest BCUT2D eigenvalue weighted by Crippen LogP contribution is 2.29. The highest BCUT2D eigenvalue weighted by atomic mass is 35.5. The molecule has 2 heterocycles. The summed E-state index contributed by atoms with van der Waals surface area (Å²) >= 11 is 5.82. The first-order chi connectivity index (χ1) is 7.97. The number of aryl methyl sites for hydroxylation is 1. The number of halogens is 1. The summed E-state index contributed by atoms with van der Waals surface area (Å²) in [6, 6.07) is 0.0571. The molecule has 0 spiro atoms. The van der Waals surface area contributed by atoms with Crippen LogP contribution in [0.5, 0.6) is 0 Å². The first kappa shape index (κ1) is 12.1. The largest absolute Gasteiger partial charge is 0.365 e. The van der Waals surface area contributed by atoms with Gasteiger partial charge in [0.25, 0.3) is 0 Å². The molecule has 17 heavy (non-hydrogen) atoms. The van der Waals surface area contributed by atoms with Gasteiger partial charge in [0.2, 0.25) is 11.2 Å². The minimum atomic E-state index is -0.0241. The molecule has 2 rings (SSSR count). The van der Waals surface area contributed by atoms with Crippen molar-refractivity contribution in [1.29, 1.82) is 0 Å². The van der Waals surface area contributed by atoms with Gasteiger partial charge in [0.1, 0.15) is 5.69 Å². The summed E-state index contributed by atoms with van der Waals surface area (Å²) in [5.74, 6) is 0.914. The van der Waals surface area contributed by atoms with E-state index in [1.54, 1.807) is 6.92 Å². The molecule has 0 aliphatic carbocycles. The number of amides is 1. The third kappa shape index (κ3) is 2.49. The van der Waals surface area contributed by atoms with Gasteiger partial charge in [0.05, 0.1) is 5.69 Å². The van der Waals surface area contributed by atoms with E-state index in [1.165, 1.54) is 0 Å². The van der Waals surface area contributed by atoms with Gasteiger partial charge >= 0.3 is 0 Å². The number of aromatic nitrogens is 2. The Morgan fingerprint density at radius 1 is 1.41 bits per heavy atom. The van der Waals surface area contributed by atoms with Crippen LogP contribution in [0.3, 0.4) is 0 Å². The predicted octanol–water partition coefficient (Wildman–Crippen LogP) is 2.22. The summed E-state index contributed by atoms with van der Waals surface area (Å²) in [6.45, 7) is 5.92. The third-order valence-corrected chi connectivity index (χ3v) is 3.03. The highest BCUT2D eigenvalue weighted by molar-refractivity contribution is 6.28. The van der Waals surface area contributed by atoms with Crippen LogP contribution in [0, 0.1) is 12.8 Å². The van der Waals surface area contributed by atoms with E-state index in [-0.39, 0.29) is 17.2 Å². The Balaban J connectivity index is 2.44. The summed E-state index contributed by atoms with van der Waals surface area (Å²) in [5, 5.41) is 6.26. The van der Waals surface area contributed by atoms with Crippen LogP contribution in [0.2, 0.25) is 5.28 Å². The number of nitrogens with zero attached hydrogens (tertiary/aromatic N) is 2. The van der Waals surface area contributed by atoms with Crippen molar-refractivity contribution in [2.45, 2.75) is 33.2 Å². The lowest BCUT2D eigenvalue weighted by Gasteiger charge is -2.19. The van der Waals surface area contributed by atoms with Gasteiger partial charge in [-0.2, -0.15) is 4.98 Å². The maximum Gasteiger partial charge on any atom is 0.226 e. The number of hydrogen-bond acceptors (Lipinski definition) is 4. The van der Waals surface area contributed by atoms with Gasteiger partial charge in [-0.15, -0.1) is 0 Å². The van der Waals surface area contributed by atoms with Gasteiger partial charge in [-0.25, -0.2) is 4.98 Å². The van der Waals surface area contributed by atoms with E-state index in [4.69, 9.17) is 11.6 Å². The molecule has 6 heteroatoms. The Morgan fingerprint density at radius 2 is 2.12 bits per heavy atom. The van der Waals surface area contributed by atoms with Crippen LogP contribution < -0.4 is 10.6 Å². The van der Waals surface area contributed by atoms with Crippen molar-refractivity contribution in [2.24, 2.45) is 5.92 Å². The van der Waals surface area contributed by atoms with E-state index in [0.717, 1.165) is 0 Å². The zero-order valence-electron chi connectivity index (χ0n) is 10.0. The zero-order chi connectivity index (χ0) is 12.6. The Hall–Kier alpha value is -1.36. The van der Waals surface area contributed by atoms with Crippen LogP contribution in [0.25, 0.3) is 0 Å². The molecule has 0 aromatic carbocycles. The molecule has 1 aliphatic heterocycles. The number of hydrogen-bond donors (Lipinski definition) is 2. The Labute approximate surface area is 105 Å². The van der Waals surface area contributed by atoms with Crippen LogP contribution >= 0.6 is 11.6 Å². The molecule has 2 N–H and O–H groups in total. The Kier molecular flexibility index (Phi) is 3.19. The fourth-order valence-corrected chi connectivity index (χ4v) is 2.02. The molecule has 0 radical (unpaired) electrons. The maximum atomic E-state index is 11.8. The second kappa shape index (κ2) is 4.49. The van der Waals surface area contributed by atoms with Gasteiger partial charge < -0.3 is 10.6 Å². The molecule has 0 fully saturated rings. The first-order valence-electron chi connectivity index (χ1n) is 5.58. The molecule has 0 saturated heterocycles. The van der Waals surface area contributed by atoms with Crippen LogP contribution in [-0.4, -0.2) is 21.9 Å². The van der Waals surface area contributed by atoms with E-state index in [9.17, 15) is 4.79 Å². The molecule has 0 bridgehead atoms. The van der Waals surface area contributed by atoms with Gasteiger partial charge in [-0.3, -0.25) is 4.79 Å². The molecular weight excluding hydrogens is 240 g/mol. The van der Waals surface area contributed by atoms with Crippen LogP contribution in [0.15, 0.2) is 0 Å². The number of rotatable bonds is 1. The zero-order valence-corrected chi connectivity index (χ0v) is 10.8. The topological polar surface area (TPSA) is 66.9 Å². The molecule has 1 atom stereocenters. The minimum absolute atomic E-state index is 0.0241. The quantitative estimate of drug-likeness (QED) is 0.754. The van der Waals surface area contributed by atoms with Crippen molar-refractivity contribution in [3.63, 3.8) is 0 Å². The average molecular weight is 255 g/mol. The van der Waals surface area contributed by atoms with Gasteiger partial charge in [0, 0.05) is 12.5 Å². The van der Waals surface area contributed by atoms with Gasteiger partial charge in [-0.1, -0.05) is 13.8 Å². The second-order valence-electron chi connectivity index (χ2n) is 4.55. The molecule has 92 valence electrons. The molecule has 1 aliphatic rings. The highest BCUT2D eigenvalue weighted by Gasteiger charge is 2.25. The fraction of sp³-hybridized carbons (Fsp3) is 0.545.